The number of benzene rings is 1. The van der Waals surface area contributed by atoms with Crippen LogP contribution in [0.15, 0.2) is 29.3 Å². The van der Waals surface area contributed by atoms with Gasteiger partial charge in [0.25, 0.3) is 0 Å². The van der Waals surface area contributed by atoms with E-state index in [2.05, 4.69) is 59.8 Å². The number of aryl methyl sites for hydroxylation is 1. The Bertz CT molecular complexity index is 507. The molecule has 0 amide bonds. The number of nitrogens with zero attached hydrogens (tertiary/aromatic N) is 3. The Labute approximate surface area is 140 Å². The Balaban J connectivity index is 2.18. The molecule has 1 atom stereocenters. The molecule has 1 aliphatic heterocycles. The monoisotopic (exact) mass is 318 g/mol. The Hall–Kier alpha value is -1.59. The van der Waals surface area contributed by atoms with Crippen LogP contribution < -0.4 is 5.73 Å². The summed E-state index contributed by atoms with van der Waals surface area (Å²) in [5, 5.41) is 0. The van der Waals surface area contributed by atoms with Crippen LogP contribution in [0.4, 0.5) is 0 Å². The molecule has 1 unspecified atom stereocenters. The lowest BCUT2D eigenvalue weighted by molar-refractivity contribution is 0.0179. The van der Waals surface area contributed by atoms with Crippen molar-refractivity contribution < 1.29 is 4.74 Å². The molecule has 5 nitrogen and oxygen atoms in total. The molecule has 1 heterocycles. The molecule has 0 aliphatic carbocycles. The Morgan fingerprint density at radius 2 is 2.00 bits per heavy atom. The van der Waals surface area contributed by atoms with Gasteiger partial charge in [-0.25, -0.2) is 0 Å². The summed E-state index contributed by atoms with van der Waals surface area (Å²) < 4.78 is 5.50. The summed E-state index contributed by atoms with van der Waals surface area (Å²) in [5.74, 6) is 0.640. The van der Waals surface area contributed by atoms with Gasteiger partial charge in [0.2, 0.25) is 0 Å². The van der Waals surface area contributed by atoms with Gasteiger partial charge < -0.3 is 15.4 Å². The van der Waals surface area contributed by atoms with Crippen LogP contribution >= 0.6 is 0 Å². The van der Waals surface area contributed by atoms with Crippen LogP contribution in [0.5, 0.6) is 0 Å². The van der Waals surface area contributed by atoms with Crippen molar-refractivity contribution in [3.8, 4) is 0 Å². The van der Waals surface area contributed by atoms with Gasteiger partial charge >= 0.3 is 0 Å². The molecule has 0 saturated carbocycles. The van der Waals surface area contributed by atoms with Gasteiger partial charge in [0.05, 0.1) is 25.8 Å². The summed E-state index contributed by atoms with van der Waals surface area (Å²) in [6.07, 6.45) is 0. The molecule has 0 bridgehead atoms. The molecule has 1 fully saturated rings. The molecule has 23 heavy (non-hydrogen) atoms. The van der Waals surface area contributed by atoms with Gasteiger partial charge in [0.1, 0.15) is 0 Å². The second-order valence-corrected chi connectivity index (χ2v) is 5.95. The fourth-order valence-electron chi connectivity index (χ4n) is 3.03. The standard InChI is InChI=1S/C18H30N4O/c1-4-21(5-2)18(19)20-14-17(22-9-11-23-12-10-22)16-8-6-7-15(3)13-16/h6-8,13,17H,4-5,9-12,14H2,1-3H3,(H2,19,20). The average molecular weight is 318 g/mol. The van der Waals surface area contributed by atoms with E-state index in [1.165, 1.54) is 11.1 Å². The predicted octanol–water partition coefficient (Wildman–Crippen LogP) is 2.02. The third-order valence-corrected chi connectivity index (χ3v) is 4.43. The zero-order valence-electron chi connectivity index (χ0n) is 14.7. The van der Waals surface area contributed by atoms with E-state index in [0.29, 0.717) is 12.5 Å². The first kappa shape index (κ1) is 17.8. The van der Waals surface area contributed by atoms with Crippen LogP contribution in [0, 0.1) is 6.92 Å². The number of hydrogen-bond donors (Lipinski definition) is 1. The van der Waals surface area contributed by atoms with Gasteiger partial charge in [-0.3, -0.25) is 9.89 Å². The molecule has 0 spiro atoms. The maximum absolute atomic E-state index is 6.16. The van der Waals surface area contributed by atoms with Crippen LogP contribution in [0.2, 0.25) is 0 Å². The molecule has 0 aromatic heterocycles. The van der Waals surface area contributed by atoms with Gasteiger partial charge in [0, 0.05) is 26.2 Å². The van der Waals surface area contributed by atoms with Crippen LogP contribution in [0.25, 0.3) is 0 Å². The lowest BCUT2D eigenvalue weighted by Gasteiger charge is -2.34. The molecule has 1 aromatic rings. The first-order valence-corrected chi connectivity index (χ1v) is 8.59. The minimum Gasteiger partial charge on any atom is -0.379 e. The average Bonchev–Trinajstić information content (AvgIpc) is 2.57. The third-order valence-electron chi connectivity index (χ3n) is 4.43. The molecule has 5 heteroatoms. The normalized spacial score (nSPS) is 18.0. The number of guanidine groups is 1. The summed E-state index contributed by atoms with van der Waals surface area (Å²) in [6, 6.07) is 8.95. The van der Waals surface area contributed by atoms with E-state index in [-0.39, 0.29) is 6.04 Å². The largest absolute Gasteiger partial charge is 0.379 e. The van der Waals surface area contributed by atoms with Gasteiger partial charge in [-0.1, -0.05) is 29.8 Å². The molecular weight excluding hydrogens is 288 g/mol. The fourth-order valence-corrected chi connectivity index (χ4v) is 3.03. The van der Waals surface area contributed by atoms with Crippen LogP contribution in [-0.4, -0.2) is 61.7 Å². The van der Waals surface area contributed by atoms with Crippen molar-refractivity contribution >= 4 is 5.96 Å². The zero-order chi connectivity index (χ0) is 16.7. The molecule has 128 valence electrons. The summed E-state index contributed by atoms with van der Waals surface area (Å²) in [7, 11) is 0. The van der Waals surface area contributed by atoms with Crippen molar-refractivity contribution in [2.45, 2.75) is 26.8 Å². The molecule has 2 rings (SSSR count). The SMILES string of the molecule is CCN(CC)C(N)=NCC(c1cccc(C)c1)N1CCOCC1. The second kappa shape index (κ2) is 8.89. The van der Waals surface area contributed by atoms with Gasteiger partial charge in [-0.2, -0.15) is 0 Å². The van der Waals surface area contributed by atoms with Crippen molar-refractivity contribution in [1.29, 1.82) is 0 Å². The highest BCUT2D eigenvalue weighted by Gasteiger charge is 2.22. The maximum atomic E-state index is 6.16. The molecule has 0 radical (unpaired) electrons. The highest BCUT2D eigenvalue weighted by Crippen LogP contribution is 2.23. The summed E-state index contributed by atoms with van der Waals surface area (Å²) in [5.41, 5.74) is 8.74. The van der Waals surface area contributed by atoms with E-state index in [4.69, 9.17) is 10.5 Å². The summed E-state index contributed by atoms with van der Waals surface area (Å²) >= 11 is 0. The zero-order valence-corrected chi connectivity index (χ0v) is 14.7. The topological polar surface area (TPSA) is 54.1 Å². The Kier molecular flexibility index (Phi) is 6.86. The molecular formula is C18H30N4O. The molecule has 1 aliphatic rings. The number of hydrogen-bond acceptors (Lipinski definition) is 3. The van der Waals surface area contributed by atoms with Gasteiger partial charge in [0.15, 0.2) is 5.96 Å². The predicted molar refractivity (Wildman–Crippen MR) is 95.7 cm³/mol. The van der Waals surface area contributed by atoms with E-state index < -0.39 is 0 Å². The van der Waals surface area contributed by atoms with Crippen LogP contribution in [-0.2, 0) is 4.74 Å². The van der Waals surface area contributed by atoms with Crippen molar-refractivity contribution in [3.05, 3.63) is 35.4 Å². The van der Waals surface area contributed by atoms with Crippen molar-refractivity contribution in [1.82, 2.24) is 9.80 Å². The number of ether oxygens (including phenoxy) is 1. The van der Waals surface area contributed by atoms with Gasteiger partial charge in [-0.15, -0.1) is 0 Å². The Morgan fingerprint density at radius 3 is 2.61 bits per heavy atom. The van der Waals surface area contributed by atoms with Crippen LogP contribution in [0.3, 0.4) is 0 Å². The van der Waals surface area contributed by atoms with Crippen molar-refractivity contribution in [2.24, 2.45) is 10.7 Å². The Morgan fingerprint density at radius 1 is 1.30 bits per heavy atom. The molecule has 1 saturated heterocycles. The smallest absolute Gasteiger partial charge is 0.191 e. The van der Waals surface area contributed by atoms with E-state index in [9.17, 15) is 0 Å². The number of morpholine rings is 1. The lowest BCUT2D eigenvalue weighted by atomic mass is 10.0. The highest BCUT2D eigenvalue weighted by molar-refractivity contribution is 5.78. The maximum Gasteiger partial charge on any atom is 0.191 e. The fraction of sp³-hybridized carbons (Fsp3) is 0.611. The number of nitrogens with two attached hydrogens (primary N) is 1. The second-order valence-electron chi connectivity index (χ2n) is 5.95. The number of rotatable bonds is 6. The number of aliphatic imine (C=N–C) groups is 1. The van der Waals surface area contributed by atoms with E-state index >= 15 is 0 Å². The van der Waals surface area contributed by atoms with Crippen molar-refractivity contribution in [2.75, 3.05) is 45.9 Å². The minimum atomic E-state index is 0.257. The summed E-state index contributed by atoms with van der Waals surface area (Å²) in [6.45, 7) is 12.3. The third kappa shape index (κ3) is 4.94. The van der Waals surface area contributed by atoms with Crippen LogP contribution in [0.1, 0.15) is 31.0 Å². The quantitative estimate of drug-likeness (QED) is 0.644. The summed E-state index contributed by atoms with van der Waals surface area (Å²) in [4.78, 5) is 9.23. The highest BCUT2D eigenvalue weighted by atomic mass is 16.5. The molecule has 1 aromatic carbocycles. The van der Waals surface area contributed by atoms with E-state index in [0.717, 1.165) is 39.4 Å². The molecule has 2 N–H and O–H groups in total. The minimum absolute atomic E-state index is 0.257. The lowest BCUT2D eigenvalue weighted by Crippen LogP contribution is -2.41. The van der Waals surface area contributed by atoms with Gasteiger partial charge in [-0.05, 0) is 26.3 Å². The van der Waals surface area contributed by atoms with E-state index in [1.54, 1.807) is 0 Å². The van der Waals surface area contributed by atoms with E-state index in [1.807, 2.05) is 0 Å². The van der Waals surface area contributed by atoms with Crippen molar-refractivity contribution in [3.63, 3.8) is 0 Å². The first-order valence-electron chi connectivity index (χ1n) is 8.59. The first-order chi connectivity index (χ1) is 11.2.